The van der Waals surface area contributed by atoms with Gasteiger partial charge < -0.3 is 0 Å². The van der Waals surface area contributed by atoms with Crippen molar-refractivity contribution in [3.05, 3.63) is 28.7 Å². The Labute approximate surface area is 76.2 Å². The van der Waals surface area contributed by atoms with E-state index in [1.807, 2.05) is 5.41 Å². The molecule has 0 aliphatic carbocycles. The van der Waals surface area contributed by atoms with Gasteiger partial charge in [0.1, 0.15) is 0 Å². The molecule has 1 aromatic carbocycles. The van der Waals surface area contributed by atoms with Crippen molar-refractivity contribution < 1.29 is 0 Å². The minimum Gasteiger partial charge on any atom is -0.205 e. The van der Waals surface area contributed by atoms with Crippen LogP contribution in [-0.4, -0.2) is 5.87 Å². The van der Waals surface area contributed by atoms with Crippen molar-refractivity contribution in [1.29, 1.82) is 0 Å². The molecule has 12 heavy (non-hydrogen) atoms. The van der Waals surface area contributed by atoms with Crippen LogP contribution < -0.4 is 0 Å². The third kappa shape index (κ3) is 1.20. The molecule has 0 amide bonds. The Morgan fingerprint density at radius 1 is 1.25 bits per heavy atom. The SMILES string of the molecule is Cc1cc2c(cc1C)SC=C=N2. The molecule has 0 saturated carbocycles. The number of hydrogen-bond donors (Lipinski definition) is 0. The van der Waals surface area contributed by atoms with Gasteiger partial charge in [-0.3, -0.25) is 0 Å². The molecule has 1 heterocycles. The predicted octanol–water partition coefficient (Wildman–Crippen LogP) is 3.22. The van der Waals surface area contributed by atoms with Gasteiger partial charge in [-0.2, -0.15) is 0 Å². The zero-order chi connectivity index (χ0) is 8.55. The van der Waals surface area contributed by atoms with Crippen LogP contribution in [0, 0.1) is 13.8 Å². The monoisotopic (exact) mass is 175 g/mol. The lowest BCUT2D eigenvalue weighted by atomic mass is 10.1. The summed E-state index contributed by atoms with van der Waals surface area (Å²) in [5.74, 6) is 2.85. The van der Waals surface area contributed by atoms with Crippen molar-refractivity contribution in [1.82, 2.24) is 0 Å². The number of nitrogens with zero attached hydrogens (tertiary/aromatic N) is 1. The molecule has 2 rings (SSSR count). The van der Waals surface area contributed by atoms with Crippen molar-refractivity contribution in [3.8, 4) is 0 Å². The number of thioether (sulfide) groups is 1. The highest BCUT2D eigenvalue weighted by molar-refractivity contribution is 8.02. The molecule has 1 aliphatic heterocycles. The van der Waals surface area contributed by atoms with E-state index in [0.717, 1.165) is 5.69 Å². The van der Waals surface area contributed by atoms with Crippen LogP contribution >= 0.6 is 11.8 Å². The Morgan fingerprint density at radius 3 is 2.83 bits per heavy atom. The minimum atomic E-state index is 1.05. The minimum absolute atomic E-state index is 1.05. The summed E-state index contributed by atoms with van der Waals surface area (Å²) in [6.07, 6.45) is 0. The summed E-state index contributed by atoms with van der Waals surface area (Å²) in [5, 5.41) is 1.89. The van der Waals surface area contributed by atoms with Gasteiger partial charge in [0.25, 0.3) is 0 Å². The third-order valence-electron chi connectivity index (χ3n) is 2.00. The molecule has 0 spiro atoms. The van der Waals surface area contributed by atoms with Crippen LogP contribution in [0.5, 0.6) is 0 Å². The standard InChI is InChI=1S/C10H9NS/c1-7-5-9-10(6-8(7)2)12-4-3-11-9/h4-6H,1-2H3. The van der Waals surface area contributed by atoms with Crippen LogP contribution in [-0.2, 0) is 0 Å². The Hall–Kier alpha value is -0.980. The number of hydrogen-bond acceptors (Lipinski definition) is 2. The zero-order valence-corrected chi connectivity index (χ0v) is 7.90. The van der Waals surface area contributed by atoms with Gasteiger partial charge in [0.2, 0.25) is 0 Å². The van der Waals surface area contributed by atoms with Crippen molar-refractivity contribution >= 4 is 23.3 Å². The van der Waals surface area contributed by atoms with Gasteiger partial charge in [-0.1, -0.05) is 11.8 Å². The Bertz CT molecular complexity index is 387. The lowest BCUT2D eigenvalue weighted by Gasteiger charge is -2.07. The average Bonchev–Trinajstić information content (AvgIpc) is 2.07. The van der Waals surface area contributed by atoms with E-state index in [0.29, 0.717) is 0 Å². The summed E-state index contributed by atoms with van der Waals surface area (Å²) in [6, 6.07) is 4.29. The summed E-state index contributed by atoms with van der Waals surface area (Å²) in [7, 11) is 0. The predicted molar refractivity (Wildman–Crippen MR) is 53.4 cm³/mol. The summed E-state index contributed by atoms with van der Waals surface area (Å²) < 4.78 is 0. The van der Waals surface area contributed by atoms with E-state index in [-0.39, 0.29) is 0 Å². The molecule has 0 fully saturated rings. The van der Waals surface area contributed by atoms with Crippen molar-refractivity contribution in [2.45, 2.75) is 18.7 Å². The number of benzene rings is 1. The molecule has 2 heteroatoms. The van der Waals surface area contributed by atoms with Crippen molar-refractivity contribution in [2.24, 2.45) is 4.99 Å². The fourth-order valence-corrected chi connectivity index (χ4v) is 1.84. The molecule has 1 aliphatic rings. The van der Waals surface area contributed by atoms with E-state index >= 15 is 0 Å². The van der Waals surface area contributed by atoms with E-state index in [4.69, 9.17) is 0 Å². The Kier molecular flexibility index (Phi) is 1.80. The quantitative estimate of drug-likeness (QED) is 0.589. The Balaban J connectivity index is 2.64. The van der Waals surface area contributed by atoms with Gasteiger partial charge in [0, 0.05) is 10.3 Å². The second-order valence-electron chi connectivity index (χ2n) is 2.88. The normalized spacial score (nSPS) is 13.2. The van der Waals surface area contributed by atoms with Gasteiger partial charge >= 0.3 is 0 Å². The van der Waals surface area contributed by atoms with E-state index in [9.17, 15) is 0 Å². The summed E-state index contributed by atoms with van der Waals surface area (Å²) in [4.78, 5) is 5.40. The molecule has 0 radical (unpaired) electrons. The number of fused-ring (bicyclic) bond motifs is 1. The zero-order valence-electron chi connectivity index (χ0n) is 7.09. The second kappa shape index (κ2) is 2.81. The highest BCUT2D eigenvalue weighted by atomic mass is 32.2. The number of rotatable bonds is 0. The van der Waals surface area contributed by atoms with Crippen LogP contribution in [0.3, 0.4) is 0 Å². The average molecular weight is 175 g/mol. The van der Waals surface area contributed by atoms with Crippen LogP contribution in [0.15, 0.2) is 27.4 Å². The maximum Gasteiger partial charge on any atom is 0.0872 e. The first-order chi connectivity index (χ1) is 5.77. The molecule has 0 saturated heterocycles. The fourth-order valence-electron chi connectivity index (χ4n) is 1.14. The maximum absolute atomic E-state index is 4.17. The van der Waals surface area contributed by atoms with Crippen LogP contribution in [0.4, 0.5) is 5.69 Å². The summed E-state index contributed by atoms with van der Waals surface area (Å²) >= 11 is 1.68. The van der Waals surface area contributed by atoms with Gasteiger partial charge in [-0.15, -0.1) is 0 Å². The largest absolute Gasteiger partial charge is 0.205 e. The molecule has 0 aromatic heterocycles. The lowest BCUT2D eigenvalue weighted by Crippen LogP contribution is -1.84. The number of aliphatic imine (C=N–C) groups is 1. The van der Waals surface area contributed by atoms with Gasteiger partial charge in [0.05, 0.1) is 5.69 Å². The molecule has 0 N–H and O–H groups in total. The summed E-state index contributed by atoms with van der Waals surface area (Å²) in [5.41, 5.74) is 3.67. The van der Waals surface area contributed by atoms with Crippen molar-refractivity contribution in [3.63, 3.8) is 0 Å². The molecule has 1 nitrogen and oxygen atoms in total. The van der Waals surface area contributed by atoms with E-state index in [1.165, 1.54) is 16.0 Å². The van der Waals surface area contributed by atoms with Gasteiger partial charge in [-0.25, -0.2) is 4.99 Å². The molecular weight excluding hydrogens is 166 g/mol. The highest BCUT2D eigenvalue weighted by Crippen LogP contribution is 2.34. The molecule has 0 bridgehead atoms. The molecule has 0 atom stereocenters. The van der Waals surface area contributed by atoms with E-state index < -0.39 is 0 Å². The maximum atomic E-state index is 4.17. The van der Waals surface area contributed by atoms with Crippen molar-refractivity contribution in [2.75, 3.05) is 0 Å². The van der Waals surface area contributed by atoms with Crippen LogP contribution in [0.25, 0.3) is 0 Å². The first kappa shape index (κ1) is 7.66. The van der Waals surface area contributed by atoms with Crippen LogP contribution in [0.2, 0.25) is 0 Å². The third-order valence-corrected chi connectivity index (χ3v) is 2.80. The lowest BCUT2D eigenvalue weighted by molar-refractivity contribution is 1.26. The molecule has 0 unspecified atom stereocenters. The fraction of sp³-hybridized carbons (Fsp3) is 0.200. The number of aryl methyl sites for hydroxylation is 2. The first-order valence-corrected chi connectivity index (χ1v) is 4.71. The topological polar surface area (TPSA) is 12.4 Å². The molecule has 1 aromatic rings. The van der Waals surface area contributed by atoms with E-state index in [1.54, 1.807) is 11.8 Å². The summed E-state index contributed by atoms with van der Waals surface area (Å²) in [6.45, 7) is 4.23. The molecule has 60 valence electrons. The van der Waals surface area contributed by atoms with Gasteiger partial charge in [0.15, 0.2) is 0 Å². The van der Waals surface area contributed by atoms with Gasteiger partial charge in [-0.05, 0) is 43.0 Å². The Morgan fingerprint density at radius 2 is 2.00 bits per heavy atom. The van der Waals surface area contributed by atoms with E-state index in [2.05, 4.69) is 36.8 Å². The molecular formula is C10H9NS. The smallest absolute Gasteiger partial charge is 0.0872 e. The first-order valence-electron chi connectivity index (χ1n) is 3.83. The van der Waals surface area contributed by atoms with Crippen LogP contribution in [0.1, 0.15) is 11.1 Å². The highest BCUT2D eigenvalue weighted by Gasteiger charge is 2.05. The second-order valence-corrected chi connectivity index (χ2v) is 3.79.